The number of Topliss-reactive ketones (excluding diaryl/α,β-unsaturated/α-hetero) is 1. The van der Waals surface area contributed by atoms with E-state index in [4.69, 9.17) is 0 Å². The fourth-order valence-electron chi connectivity index (χ4n) is 1.76. The highest BCUT2D eigenvalue weighted by atomic mass is 79.9. The lowest BCUT2D eigenvalue weighted by Gasteiger charge is -2.18. The molecule has 1 unspecified atom stereocenters. The van der Waals surface area contributed by atoms with Crippen LogP contribution in [0.4, 0.5) is 0 Å². The minimum Gasteiger partial charge on any atom is -0.298 e. The zero-order valence-electron chi connectivity index (χ0n) is 7.94. The van der Waals surface area contributed by atoms with E-state index in [2.05, 4.69) is 15.9 Å². The first kappa shape index (κ1) is 10.3. The third-order valence-electron chi connectivity index (χ3n) is 2.47. The van der Waals surface area contributed by atoms with Crippen LogP contribution in [0.3, 0.4) is 0 Å². The van der Waals surface area contributed by atoms with Crippen LogP contribution in [-0.2, 0) is 9.59 Å². The first-order chi connectivity index (χ1) is 7.24. The summed E-state index contributed by atoms with van der Waals surface area (Å²) in [5.74, 6) is -0.833. The zero-order chi connectivity index (χ0) is 10.8. The molecule has 0 aromatic heterocycles. The van der Waals surface area contributed by atoms with Crippen LogP contribution in [0.15, 0.2) is 30.3 Å². The van der Waals surface area contributed by atoms with E-state index >= 15 is 0 Å². The maximum Gasteiger partial charge on any atom is 0.170 e. The van der Waals surface area contributed by atoms with E-state index in [0.717, 1.165) is 11.1 Å². The van der Waals surface area contributed by atoms with Gasteiger partial charge in [-0.3, -0.25) is 9.59 Å². The molecule has 0 radical (unpaired) electrons. The molecule has 2 rings (SSSR count). The van der Waals surface area contributed by atoms with Crippen LogP contribution in [0.5, 0.6) is 0 Å². The van der Waals surface area contributed by atoms with E-state index < -0.39 is 5.92 Å². The Hall–Kier alpha value is -1.22. The fourth-order valence-corrected chi connectivity index (χ4v) is 2.08. The molecule has 1 aliphatic rings. The Morgan fingerprint density at radius 3 is 2.73 bits per heavy atom. The first-order valence-corrected chi connectivity index (χ1v) is 5.75. The molecule has 0 saturated heterocycles. The van der Waals surface area contributed by atoms with Gasteiger partial charge in [0.15, 0.2) is 11.6 Å². The van der Waals surface area contributed by atoms with Crippen molar-refractivity contribution in [3.05, 3.63) is 41.5 Å². The molecule has 76 valence electrons. The highest BCUT2D eigenvalue weighted by Gasteiger charge is 2.29. The van der Waals surface area contributed by atoms with Crippen molar-refractivity contribution < 1.29 is 9.59 Å². The van der Waals surface area contributed by atoms with Crippen molar-refractivity contribution in [3.63, 3.8) is 0 Å². The van der Waals surface area contributed by atoms with Gasteiger partial charge >= 0.3 is 0 Å². The Kier molecular flexibility index (Phi) is 2.82. The minimum atomic E-state index is -0.620. The van der Waals surface area contributed by atoms with Crippen molar-refractivity contribution >= 4 is 33.6 Å². The summed E-state index contributed by atoms with van der Waals surface area (Å²) in [5, 5.41) is 0.214. The molecule has 1 aromatic carbocycles. The predicted octanol–water partition coefficient (Wildman–Crippen LogP) is 2.33. The van der Waals surface area contributed by atoms with Crippen LogP contribution in [0.2, 0.25) is 0 Å². The number of ketones is 2. The van der Waals surface area contributed by atoms with Crippen LogP contribution < -0.4 is 0 Å². The number of alkyl halides is 1. The second-order valence-electron chi connectivity index (χ2n) is 3.40. The van der Waals surface area contributed by atoms with Crippen molar-refractivity contribution in [1.29, 1.82) is 0 Å². The molecule has 0 bridgehead atoms. The number of hydrogen-bond acceptors (Lipinski definition) is 2. The highest BCUT2D eigenvalue weighted by Crippen LogP contribution is 2.28. The van der Waals surface area contributed by atoms with Gasteiger partial charge in [0.1, 0.15) is 5.92 Å². The lowest BCUT2D eigenvalue weighted by molar-refractivity contribution is -0.125. The van der Waals surface area contributed by atoms with Crippen LogP contribution >= 0.6 is 15.9 Å². The molecule has 0 heterocycles. The monoisotopic (exact) mass is 264 g/mol. The molecule has 15 heavy (non-hydrogen) atoms. The molecule has 3 heteroatoms. The highest BCUT2D eigenvalue weighted by molar-refractivity contribution is 9.09. The van der Waals surface area contributed by atoms with Gasteiger partial charge in [-0.1, -0.05) is 46.3 Å². The summed E-state index contributed by atoms with van der Waals surface area (Å²) in [5.41, 5.74) is 1.77. The normalized spacial score (nSPS) is 18.7. The fraction of sp³-hybridized carbons (Fsp3) is 0.167. The third-order valence-corrected chi connectivity index (χ3v) is 3.03. The summed E-state index contributed by atoms with van der Waals surface area (Å²) in [6, 6.07) is 7.49. The summed E-state index contributed by atoms with van der Waals surface area (Å²) in [7, 11) is 0. The number of allylic oxidation sites excluding steroid dienone is 1. The number of fused-ring (bicyclic) bond motifs is 1. The number of benzene rings is 1. The summed E-state index contributed by atoms with van der Waals surface area (Å²) >= 11 is 3.10. The van der Waals surface area contributed by atoms with E-state index in [1.807, 2.05) is 24.3 Å². The Balaban J connectivity index is 2.51. The van der Waals surface area contributed by atoms with Gasteiger partial charge in [-0.25, -0.2) is 0 Å². The summed E-state index contributed by atoms with van der Waals surface area (Å²) in [4.78, 5) is 23.3. The van der Waals surface area contributed by atoms with E-state index in [9.17, 15) is 9.59 Å². The number of halogens is 1. The predicted molar refractivity (Wildman–Crippen MR) is 62.0 cm³/mol. The minimum absolute atomic E-state index is 0.0863. The Bertz CT molecular complexity index is 449. The summed E-state index contributed by atoms with van der Waals surface area (Å²) in [6.07, 6.45) is 3.24. The van der Waals surface area contributed by atoms with Gasteiger partial charge in [0.25, 0.3) is 0 Å². The van der Waals surface area contributed by atoms with Crippen LogP contribution in [-0.4, -0.2) is 16.9 Å². The van der Waals surface area contributed by atoms with E-state index in [-0.39, 0.29) is 16.9 Å². The van der Waals surface area contributed by atoms with Gasteiger partial charge in [0, 0.05) is 0 Å². The summed E-state index contributed by atoms with van der Waals surface area (Å²) < 4.78 is 0. The third kappa shape index (κ3) is 1.79. The molecular weight excluding hydrogens is 256 g/mol. The molecule has 2 nitrogen and oxygen atoms in total. The number of carbonyl (C=O) groups is 2. The van der Waals surface area contributed by atoms with Crippen LogP contribution in [0, 0.1) is 0 Å². The van der Waals surface area contributed by atoms with E-state index in [1.165, 1.54) is 6.08 Å². The van der Waals surface area contributed by atoms with Gasteiger partial charge in [-0.2, -0.15) is 0 Å². The molecule has 0 amide bonds. The number of carbonyl (C=O) groups excluding carboxylic acids is 2. The maximum atomic E-state index is 11.6. The second kappa shape index (κ2) is 4.11. The molecule has 1 aliphatic carbocycles. The van der Waals surface area contributed by atoms with Crippen LogP contribution in [0.25, 0.3) is 6.08 Å². The lowest BCUT2D eigenvalue weighted by Crippen LogP contribution is -2.24. The van der Waals surface area contributed by atoms with Crippen molar-refractivity contribution in [2.24, 2.45) is 0 Å². The molecule has 0 aliphatic heterocycles. The standard InChI is InChI=1S/C12H9BrO2/c13-7-11(15)12-9-4-2-1-3-8(9)5-6-10(12)14/h1-6,12H,7H2. The van der Waals surface area contributed by atoms with Crippen molar-refractivity contribution in [3.8, 4) is 0 Å². The van der Waals surface area contributed by atoms with Gasteiger partial charge in [0.2, 0.25) is 0 Å². The Labute approximate surface area is 96.1 Å². The Morgan fingerprint density at radius 2 is 2.00 bits per heavy atom. The second-order valence-corrected chi connectivity index (χ2v) is 3.96. The molecular formula is C12H9BrO2. The van der Waals surface area contributed by atoms with Crippen molar-refractivity contribution in [2.75, 3.05) is 5.33 Å². The van der Waals surface area contributed by atoms with Gasteiger partial charge in [-0.05, 0) is 17.2 Å². The Morgan fingerprint density at radius 1 is 1.27 bits per heavy atom. The molecule has 0 N–H and O–H groups in total. The maximum absolute atomic E-state index is 11.6. The largest absolute Gasteiger partial charge is 0.298 e. The van der Waals surface area contributed by atoms with E-state index in [0.29, 0.717) is 0 Å². The number of rotatable bonds is 2. The molecule has 0 spiro atoms. The molecule has 0 fully saturated rings. The van der Waals surface area contributed by atoms with Crippen molar-refractivity contribution in [1.82, 2.24) is 0 Å². The number of hydrogen-bond donors (Lipinski definition) is 0. The average Bonchev–Trinajstić information content (AvgIpc) is 2.28. The molecule has 0 saturated carbocycles. The van der Waals surface area contributed by atoms with Crippen molar-refractivity contribution in [2.45, 2.75) is 5.92 Å². The SMILES string of the molecule is O=C1C=Cc2ccccc2C1C(=O)CBr. The average molecular weight is 265 g/mol. The molecule has 1 atom stereocenters. The topological polar surface area (TPSA) is 34.1 Å². The smallest absolute Gasteiger partial charge is 0.170 e. The van der Waals surface area contributed by atoms with Gasteiger partial charge in [-0.15, -0.1) is 0 Å². The lowest BCUT2D eigenvalue weighted by atomic mass is 9.84. The van der Waals surface area contributed by atoms with E-state index in [1.54, 1.807) is 6.08 Å². The molecule has 1 aromatic rings. The van der Waals surface area contributed by atoms with Gasteiger partial charge in [0.05, 0.1) is 5.33 Å². The zero-order valence-corrected chi connectivity index (χ0v) is 9.53. The summed E-state index contributed by atoms with van der Waals surface area (Å²) in [6.45, 7) is 0. The first-order valence-electron chi connectivity index (χ1n) is 4.63. The van der Waals surface area contributed by atoms with Gasteiger partial charge < -0.3 is 0 Å². The quantitative estimate of drug-likeness (QED) is 0.607. The van der Waals surface area contributed by atoms with Crippen LogP contribution in [0.1, 0.15) is 17.0 Å².